The Kier molecular flexibility index (Phi) is 5.78. The van der Waals surface area contributed by atoms with Crippen molar-refractivity contribution in [3.05, 3.63) is 72.8 Å². The van der Waals surface area contributed by atoms with Gasteiger partial charge in [-0.05, 0) is 42.5 Å². The molecule has 0 fully saturated rings. The molecule has 0 bridgehead atoms. The molecule has 0 spiro atoms. The van der Waals surface area contributed by atoms with Crippen LogP contribution in [0.3, 0.4) is 0 Å². The average molecular weight is 457 g/mol. The molecule has 1 N–H and O–H groups in total. The first kappa shape index (κ1) is 21.3. The molecule has 4 rings (SSSR count). The zero-order valence-corrected chi connectivity index (χ0v) is 17.3. The minimum Gasteiger partial charge on any atom is -0.420 e. The molecule has 3 heterocycles. The molecule has 0 unspecified atom stereocenters. The predicted octanol–water partition coefficient (Wildman–Crippen LogP) is 4.36. The van der Waals surface area contributed by atoms with Crippen LogP contribution in [0.25, 0.3) is 22.8 Å². The molecule has 0 radical (unpaired) electrons. The molecular formula is C21H15ClF2N6O2. The molecule has 0 saturated carbocycles. The van der Waals surface area contributed by atoms with Crippen LogP contribution in [-0.2, 0) is 7.05 Å². The molecule has 0 aliphatic carbocycles. The minimum atomic E-state index is -3.81. The fraction of sp³-hybridized carbons (Fsp3) is 0.0952. The van der Waals surface area contributed by atoms with Gasteiger partial charge in [0.1, 0.15) is 11.4 Å². The SMILES string of the molecule is Cn1nccc1-c1nc(-c2ccc(OC(F)(F)Cl)cc2)ncc1NC(=O)c1cccnc1. The summed E-state index contributed by atoms with van der Waals surface area (Å²) in [5, 5.41) is 6.95. The third-order valence-corrected chi connectivity index (χ3v) is 4.45. The second kappa shape index (κ2) is 8.67. The molecule has 32 heavy (non-hydrogen) atoms. The second-order valence-electron chi connectivity index (χ2n) is 6.56. The fourth-order valence-corrected chi connectivity index (χ4v) is 3.00. The fourth-order valence-electron chi connectivity index (χ4n) is 2.91. The number of amides is 1. The van der Waals surface area contributed by atoms with Crippen LogP contribution in [0.5, 0.6) is 5.75 Å². The molecule has 162 valence electrons. The highest BCUT2D eigenvalue weighted by atomic mass is 35.5. The van der Waals surface area contributed by atoms with E-state index in [4.69, 9.17) is 11.6 Å². The Balaban J connectivity index is 1.69. The Bertz CT molecular complexity index is 1240. The Labute approximate surface area is 185 Å². The van der Waals surface area contributed by atoms with Crippen molar-refractivity contribution in [2.75, 3.05) is 5.32 Å². The number of nitrogens with one attached hydrogen (secondary N) is 1. The zero-order chi connectivity index (χ0) is 22.7. The van der Waals surface area contributed by atoms with Gasteiger partial charge in [0.2, 0.25) is 0 Å². The standard InChI is InChI=1S/C21H15ClF2N6O2/c1-30-17(8-10-27-30)18-16(28-20(31)14-3-2-9-25-11-14)12-26-19(29-18)13-4-6-15(7-5-13)32-21(22,23)24/h2-12H,1H3,(H,28,31). The molecule has 0 saturated heterocycles. The predicted molar refractivity (Wildman–Crippen MR) is 113 cm³/mol. The summed E-state index contributed by atoms with van der Waals surface area (Å²) in [6.45, 7) is 0. The lowest BCUT2D eigenvalue weighted by molar-refractivity contribution is -0.0964. The molecule has 3 aromatic heterocycles. The number of aryl methyl sites for hydroxylation is 1. The topological polar surface area (TPSA) is 94.8 Å². The third-order valence-electron chi connectivity index (χ3n) is 4.37. The maximum atomic E-state index is 12.8. The van der Waals surface area contributed by atoms with Crippen LogP contribution in [-0.4, -0.2) is 36.2 Å². The van der Waals surface area contributed by atoms with Gasteiger partial charge in [-0.3, -0.25) is 14.5 Å². The lowest BCUT2D eigenvalue weighted by Gasteiger charge is -2.13. The van der Waals surface area contributed by atoms with Crippen LogP contribution in [0.1, 0.15) is 10.4 Å². The molecule has 4 aromatic rings. The van der Waals surface area contributed by atoms with Gasteiger partial charge < -0.3 is 10.1 Å². The summed E-state index contributed by atoms with van der Waals surface area (Å²) >= 11 is 4.79. The summed E-state index contributed by atoms with van der Waals surface area (Å²) in [5.41, 5.74) is -1.45. The van der Waals surface area contributed by atoms with Crippen LogP contribution in [0.2, 0.25) is 0 Å². The molecule has 1 aromatic carbocycles. The number of pyridine rings is 1. The van der Waals surface area contributed by atoms with Crippen LogP contribution in [0.4, 0.5) is 14.5 Å². The molecule has 11 heteroatoms. The number of carbonyl (C=O) groups excluding carboxylic acids is 1. The smallest absolute Gasteiger partial charge is 0.420 e. The summed E-state index contributed by atoms with van der Waals surface area (Å²) < 4.78 is 31.6. The third kappa shape index (κ3) is 4.86. The van der Waals surface area contributed by atoms with Crippen LogP contribution in [0, 0.1) is 0 Å². The number of benzene rings is 1. The van der Waals surface area contributed by atoms with E-state index in [1.54, 1.807) is 42.3 Å². The first-order valence-electron chi connectivity index (χ1n) is 9.23. The van der Waals surface area contributed by atoms with E-state index in [2.05, 4.69) is 30.1 Å². The highest BCUT2D eigenvalue weighted by Crippen LogP contribution is 2.30. The van der Waals surface area contributed by atoms with Gasteiger partial charge in [0, 0.05) is 42.8 Å². The summed E-state index contributed by atoms with van der Waals surface area (Å²) in [7, 11) is 1.74. The minimum absolute atomic E-state index is 0.110. The van der Waals surface area contributed by atoms with E-state index in [9.17, 15) is 13.6 Å². The van der Waals surface area contributed by atoms with Crippen molar-refractivity contribution in [1.29, 1.82) is 0 Å². The van der Waals surface area contributed by atoms with Crippen molar-refractivity contribution in [3.8, 4) is 28.5 Å². The van der Waals surface area contributed by atoms with E-state index >= 15 is 0 Å². The first-order valence-corrected chi connectivity index (χ1v) is 9.61. The van der Waals surface area contributed by atoms with Gasteiger partial charge in [0.15, 0.2) is 5.82 Å². The van der Waals surface area contributed by atoms with E-state index in [1.807, 2.05) is 0 Å². The number of rotatable bonds is 6. The summed E-state index contributed by atoms with van der Waals surface area (Å²) in [6, 6.07) is 10.7. The first-order chi connectivity index (χ1) is 15.3. The molecule has 0 atom stereocenters. The quantitative estimate of drug-likeness (QED) is 0.433. The molecule has 0 aliphatic rings. The van der Waals surface area contributed by atoms with Crippen LogP contribution in [0.15, 0.2) is 67.3 Å². The van der Waals surface area contributed by atoms with Crippen molar-refractivity contribution in [3.63, 3.8) is 0 Å². The Morgan fingerprint density at radius 1 is 1.12 bits per heavy atom. The van der Waals surface area contributed by atoms with Gasteiger partial charge in [-0.15, -0.1) is 8.78 Å². The number of aromatic nitrogens is 5. The zero-order valence-electron chi connectivity index (χ0n) is 16.5. The van der Waals surface area contributed by atoms with Crippen molar-refractivity contribution >= 4 is 23.2 Å². The number of ether oxygens (including phenoxy) is 1. The van der Waals surface area contributed by atoms with E-state index in [0.29, 0.717) is 34.0 Å². The Hall–Kier alpha value is -3.92. The number of anilines is 1. The monoisotopic (exact) mass is 456 g/mol. The average Bonchev–Trinajstić information content (AvgIpc) is 3.20. The summed E-state index contributed by atoms with van der Waals surface area (Å²) in [5.74, 6) is -0.174. The van der Waals surface area contributed by atoms with Gasteiger partial charge in [0.05, 0.1) is 23.1 Å². The second-order valence-corrected chi connectivity index (χ2v) is 7.00. The Morgan fingerprint density at radius 2 is 1.91 bits per heavy atom. The number of alkyl halides is 3. The van der Waals surface area contributed by atoms with Crippen molar-refractivity contribution in [1.82, 2.24) is 24.7 Å². The molecular weight excluding hydrogens is 442 g/mol. The van der Waals surface area contributed by atoms with E-state index in [0.717, 1.165) is 0 Å². The molecule has 0 aliphatic heterocycles. The molecule has 1 amide bonds. The largest absolute Gasteiger partial charge is 0.487 e. The maximum absolute atomic E-state index is 12.8. The lowest BCUT2D eigenvalue weighted by atomic mass is 10.1. The normalized spacial score (nSPS) is 11.2. The van der Waals surface area contributed by atoms with E-state index in [1.165, 1.54) is 36.7 Å². The van der Waals surface area contributed by atoms with E-state index < -0.39 is 5.57 Å². The van der Waals surface area contributed by atoms with E-state index in [-0.39, 0.29) is 11.7 Å². The van der Waals surface area contributed by atoms with Crippen LogP contribution < -0.4 is 10.1 Å². The maximum Gasteiger partial charge on any atom is 0.487 e. The Morgan fingerprint density at radius 3 is 2.53 bits per heavy atom. The highest BCUT2D eigenvalue weighted by molar-refractivity contribution is 6.20. The van der Waals surface area contributed by atoms with Crippen molar-refractivity contribution in [2.45, 2.75) is 5.57 Å². The number of carbonyl (C=O) groups is 1. The number of halogens is 3. The summed E-state index contributed by atoms with van der Waals surface area (Å²) in [6.07, 6.45) is 6.08. The summed E-state index contributed by atoms with van der Waals surface area (Å²) in [4.78, 5) is 25.5. The van der Waals surface area contributed by atoms with Gasteiger partial charge in [-0.2, -0.15) is 5.10 Å². The van der Waals surface area contributed by atoms with Gasteiger partial charge in [0.25, 0.3) is 5.91 Å². The van der Waals surface area contributed by atoms with Gasteiger partial charge in [-0.25, -0.2) is 9.97 Å². The molecule has 8 nitrogen and oxygen atoms in total. The van der Waals surface area contributed by atoms with Crippen molar-refractivity contribution in [2.24, 2.45) is 7.05 Å². The highest BCUT2D eigenvalue weighted by Gasteiger charge is 2.27. The number of nitrogens with zero attached hydrogens (tertiary/aromatic N) is 5. The van der Waals surface area contributed by atoms with Gasteiger partial charge in [-0.1, -0.05) is 0 Å². The van der Waals surface area contributed by atoms with Gasteiger partial charge >= 0.3 is 5.57 Å². The van der Waals surface area contributed by atoms with Crippen molar-refractivity contribution < 1.29 is 18.3 Å². The van der Waals surface area contributed by atoms with Crippen LogP contribution >= 0.6 is 11.6 Å². The lowest BCUT2D eigenvalue weighted by Crippen LogP contribution is -2.15. The number of hydrogen-bond donors (Lipinski definition) is 1. The number of hydrogen-bond acceptors (Lipinski definition) is 6.